The number of carbonyl (C=O) groups is 1. The summed E-state index contributed by atoms with van der Waals surface area (Å²) in [5.41, 5.74) is 4.87. The van der Waals surface area contributed by atoms with Crippen molar-refractivity contribution < 1.29 is 9.90 Å². The molecule has 1 aromatic carbocycles. The smallest absolute Gasteiger partial charge is 0.274 e. The third kappa shape index (κ3) is 2.98. The van der Waals surface area contributed by atoms with Gasteiger partial charge in [-0.25, -0.2) is 0 Å². The number of aromatic amines is 1. The Balaban J connectivity index is 1.35. The molecule has 28 heavy (non-hydrogen) atoms. The summed E-state index contributed by atoms with van der Waals surface area (Å²) in [5, 5.41) is 19.1. The van der Waals surface area contributed by atoms with Crippen LogP contribution in [0.5, 0.6) is 0 Å². The molecule has 1 amide bonds. The monoisotopic (exact) mass is 376 g/mol. The molecule has 6 heteroatoms. The summed E-state index contributed by atoms with van der Waals surface area (Å²) in [6.07, 6.45) is 6.15. The molecular weight excluding hydrogens is 352 g/mol. The van der Waals surface area contributed by atoms with Crippen molar-refractivity contribution >= 4 is 16.8 Å². The average molecular weight is 376 g/mol. The summed E-state index contributed by atoms with van der Waals surface area (Å²) in [6.45, 7) is 0.923. The number of benzene rings is 1. The number of aromatic nitrogens is 3. The van der Waals surface area contributed by atoms with Crippen LogP contribution in [0.4, 0.5) is 0 Å². The van der Waals surface area contributed by atoms with Gasteiger partial charge in [0, 0.05) is 41.8 Å². The molecule has 0 spiro atoms. The number of aliphatic hydroxyl groups excluding tert-OH is 1. The van der Waals surface area contributed by atoms with Gasteiger partial charge in [-0.3, -0.25) is 14.9 Å². The Hall–Kier alpha value is -2.73. The number of para-hydroxylation sites is 1. The molecule has 1 aliphatic heterocycles. The summed E-state index contributed by atoms with van der Waals surface area (Å²) in [4.78, 5) is 19.2. The number of H-pyrrole nitrogens is 1. The van der Waals surface area contributed by atoms with Gasteiger partial charge in [0.25, 0.3) is 5.91 Å². The zero-order chi connectivity index (χ0) is 19.1. The van der Waals surface area contributed by atoms with E-state index in [1.54, 1.807) is 4.90 Å². The van der Waals surface area contributed by atoms with Gasteiger partial charge in [-0.2, -0.15) is 5.10 Å². The van der Waals surface area contributed by atoms with Gasteiger partial charge in [-0.15, -0.1) is 0 Å². The van der Waals surface area contributed by atoms with E-state index in [9.17, 15) is 9.90 Å². The van der Waals surface area contributed by atoms with Gasteiger partial charge >= 0.3 is 0 Å². The SMILES string of the molecule is O=C(c1n[nH]c2c1CCCC2)N1C[C@@H](Cc2ccnc3ccccc23)[C@@H](O)C1. The number of β-amino-alcohol motifs (C(OH)–C–C–N with tert-alkyl or cyclic N) is 1. The lowest BCUT2D eigenvalue weighted by atomic mass is 9.94. The van der Waals surface area contributed by atoms with E-state index >= 15 is 0 Å². The average Bonchev–Trinajstić information content (AvgIpc) is 3.32. The number of nitrogens with zero attached hydrogens (tertiary/aromatic N) is 3. The summed E-state index contributed by atoms with van der Waals surface area (Å²) in [5.74, 6) is -0.0370. The number of hydrogen-bond acceptors (Lipinski definition) is 4. The number of aliphatic hydroxyl groups is 1. The highest BCUT2D eigenvalue weighted by molar-refractivity contribution is 5.94. The highest BCUT2D eigenvalue weighted by Gasteiger charge is 2.36. The zero-order valence-electron chi connectivity index (χ0n) is 15.8. The highest BCUT2D eigenvalue weighted by Crippen LogP contribution is 2.28. The van der Waals surface area contributed by atoms with E-state index in [-0.39, 0.29) is 11.8 Å². The molecule has 2 aliphatic rings. The minimum atomic E-state index is -0.523. The second kappa shape index (κ2) is 7.02. The summed E-state index contributed by atoms with van der Waals surface area (Å²) in [7, 11) is 0. The fourth-order valence-electron chi connectivity index (χ4n) is 4.64. The Labute approximate surface area is 163 Å². The Morgan fingerprint density at radius 1 is 1.18 bits per heavy atom. The molecule has 2 aromatic heterocycles. The lowest BCUT2D eigenvalue weighted by Crippen LogP contribution is -2.30. The first-order chi connectivity index (χ1) is 13.7. The summed E-state index contributed by atoms with van der Waals surface area (Å²) >= 11 is 0. The molecule has 2 atom stereocenters. The summed E-state index contributed by atoms with van der Waals surface area (Å²) in [6, 6.07) is 10.1. The third-order valence-electron chi connectivity index (χ3n) is 6.17. The molecule has 144 valence electrons. The van der Waals surface area contributed by atoms with Crippen molar-refractivity contribution in [3.8, 4) is 0 Å². The van der Waals surface area contributed by atoms with Gasteiger partial charge < -0.3 is 10.0 Å². The Morgan fingerprint density at radius 2 is 2.04 bits per heavy atom. The first kappa shape index (κ1) is 17.4. The van der Waals surface area contributed by atoms with Gasteiger partial charge in [0.05, 0.1) is 11.6 Å². The van der Waals surface area contributed by atoms with Crippen molar-refractivity contribution in [3.05, 3.63) is 59.0 Å². The molecule has 5 rings (SSSR count). The van der Waals surface area contributed by atoms with Crippen LogP contribution in [0.2, 0.25) is 0 Å². The molecule has 0 radical (unpaired) electrons. The normalized spacial score (nSPS) is 21.8. The van der Waals surface area contributed by atoms with E-state index in [2.05, 4.69) is 21.2 Å². The second-order valence-electron chi connectivity index (χ2n) is 7.97. The predicted molar refractivity (Wildman–Crippen MR) is 106 cm³/mol. The molecule has 6 nitrogen and oxygen atoms in total. The number of hydrogen-bond donors (Lipinski definition) is 2. The molecule has 2 N–H and O–H groups in total. The van der Waals surface area contributed by atoms with E-state index < -0.39 is 6.10 Å². The molecule has 0 bridgehead atoms. The molecule has 1 aliphatic carbocycles. The second-order valence-corrected chi connectivity index (χ2v) is 7.97. The van der Waals surface area contributed by atoms with Crippen molar-refractivity contribution in [3.63, 3.8) is 0 Å². The van der Waals surface area contributed by atoms with Crippen molar-refractivity contribution in [1.82, 2.24) is 20.1 Å². The molecule has 3 aromatic rings. The number of amides is 1. The first-order valence-corrected chi connectivity index (χ1v) is 10.1. The fraction of sp³-hybridized carbons (Fsp3) is 0.409. The van der Waals surface area contributed by atoms with E-state index in [0.717, 1.165) is 54.3 Å². The van der Waals surface area contributed by atoms with Crippen LogP contribution in [-0.4, -0.2) is 50.3 Å². The minimum absolute atomic E-state index is 0.0181. The number of fused-ring (bicyclic) bond motifs is 2. The van der Waals surface area contributed by atoms with Crippen LogP contribution in [0.1, 0.15) is 40.2 Å². The van der Waals surface area contributed by atoms with Crippen LogP contribution >= 0.6 is 0 Å². The number of carbonyl (C=O) groups excluding carboxylic acids is 1. The van der Waals surface area contributed by atoms with Crippen LogP contribution in [0.15, 0.2) is 36.5 Å². The number of rotatable bonds is 3. The maximum absolute atomic E-state index is 13.1. The van der Waals surface area contributed by atoms with E-state index in [1.807, 2.05) is 30.5 Å². The van der Waals surface area contributed by atoms with Gasteiger partial charge in [0.2, 0.25) is 0 Å². The standard InChI is InChI=1S/C22H24N4O2/c27-20-13-26(22(28)21-17-6-2-4-8-19(17)24-25-21)12-15(20)11-14-9-10-23-18-7-3-1-5-16(14)18/h1,3,5,7,9-10,15,20,27H,2,4,6,8,11-13H2,(H,24,25)/t15-,20+/m1/s1. The third-order valence-corrected chi connectivity index (χ3v) is 6.17. The van der Waals surface area contributed by atoms with Crippen molar-refractivity contribution in [2.75, 3.05) is 13.1 Å². The largest absolute Gasteiger partial charge is 0.391 e. The number of pyridine rings is 1. The van der Waals surface area contributed by atoms with Crippen molar-refractivity contribution in [1.29, 1.82) is 0 Å². The van der Waals surface area contributed by atoms with Crippen LogP contribution in [0.25, 0.3) is 10.9 Å². The van der Waals surface area contributed by atoms with Crippen LogP contribution < -0.4 is 0 Å². The van der Waals surface area contributed by atoms with Gasteiger partial charge in [-0.05, 0) is 49.8 Å². The summed E-state index contributed by atoms with van der Waals surface area (Å²) < 4.78 is 0. The Kier molecular flexibility index (Phi) is 4.36. The van der Waals surface area contributed by atoms with Crippen LogP contribution in [-0.2, 0) is 19.3 Å². The lowest BCUT2D eigenvalue weighted by Gasteiger charge is -2.17. The predicted octanol–water partition coefficient (Wildman–Crippen LogP) is 2.51. The maximum Gasteiger partial charge on any atom is 0.274 e. The quantitative estimate of drug-likeness (QED) is 0.736. The molecule has 3 heterocycles. The van der Waals surface area contributed by atoms with Crippen molar-refractivity contribution in [2.45, 2.75) is 38.2 Å². The van der Waals surface area contributed by atoms with Gasteiger partial charge in [-0.1, -0.05) is 18.2 Å². The van der Waals surface area contributed by atoms with Crippen LogP contribution in [0.3, 0.4) is 0 Å². The van der Waals surface area contributed by atoms with E-state index in [4.69, 9.17) is 0 Å². The Bertz CT molecular complexity index is 1020. The van der Waals surface area contributed by atoms with Gasteiger partial charge in [0.1, 0.15) is 0 Å². The molecule has 0 saturated carbocycles. The topological polar surface area (TPSA) is 82.1 Å². The van der Waals surface area contributed by atoms with Crippen molar-refractivity contribution in [2.24, 2.45) is 5.92 Å². The number of aryl methyl sites for hydroxylation is 1. The fourth-order valence-corrected chi connectivity index (χ4v) is 4.64. The van der Waals surface area contributed by atoms with E-state index in [1.165, 1.54) is 5.56 Å². The minimum Gasteiger partial charge on any atom is -0.391 e. The molecular formula is C22H24N4O2. The zero-order valence-corrected chi connectivity index (χ0v) is 15.8. The highest BCUT2D eigenvalue weighted by atomic mass is 16.3. The van der Waals surface area contributed by atoms with Crippen LogP contribution in [0, 0.1) is 5.92 Å². The van der Waals surface area contributed by atoms with E-state index in [0.29, 0.717) is 18.8 Å². The number of likely N-dealkylation sites (tertiary alicyclic amines) is 1. The molecule has 1 saturated heterocycles. The number of nitrogens with one attached hydrogen (secondary N) is 1. The molecule has 1 fully saturated rings. The molecule has 0 unspecified atom stereocenters. The lowest BCUT2D eigenvalue weighted by molar-refractivity contribution is 0.0757. The Morgan fingerprint density at radius 3 is 2.96 bits per heavy atom. The first-order valence-electron chi connectivity index (χ1n) is 10.1. The maximum atomic E-state index is 13.1. The van der Waals surface area contributed by atoms with Gasteiger partial charge in [0.15, 0.2) is 5.69 Å².